The van der Waals surface area contributed by atoms with Crippen LogP contribution in [0.3, 0.4) is 0 Å². The molecule has 0 aliphatic carbocycles. The van der Waals surface area contributed by atoms with Crippen molar-refractivity contribution in [2.24, 2.45) is 0 Å². The molecule has 1 aromatic rings. The summed E-state index contributed by atoms with van der Waals surface area (Å²) >= 11 is 0. The summed E-state index contributed by atoms with van der Waals surface area (Å²) in [5, 5.41) is 3.39. The van der Waals surface area contributed by atoms with Crippen molar-refractivity contribution in [3.63, 3.8) is 0 Å². The topological polar surface area (TPSA) is 24.9 Å². The van der Waals surface area contributed by atoms with Crippen molar-refractivity contribution in [1.82, 2.24) is 4.98 Å². The van der Waals surface area contributed by atoms with Gasteiger partial charge in [0.15, 0.2) is 0 Å². The van der Waals surface area contributed by atoms with Crippen LogP contribution in [0, 0.1) is 6.92 Å². The molecule has 1 aromatic heterocycles. The summed E-state index contributed by atoms with van der Waals surface area (Å²) < 4.78 is 0. The Morgan fingerprint density at radius 2 is 2.36 bits per heavy atom. The number of rotatable bonds is 5. The maximum Gasteiger partial charge on any atom is 0.0528 e. The third-order valence-corrected chi connectivity index (χ3v) is 2.13. The normalized spacial score (nSPS) is 12.1. The van der Waals surface area contributed by atoms with Gasteiger partial charge in [0.25, 0.3) is 0 Å². The fourth-order valence-corrected chi connectivity index (χ4v) is 1.28. The fraction of sp³-hybridized carbons (Fsp3) is 0.417. The Bertz CT molecular complexity index is 277. The van der Waals surface area contributed by atoms with Crippen LogP contribution in [0.1, 0.15) is 25.5 Å². The van der Waals surface area contributed by atoms with Crippen molar-refractivity contribution in [3.05, 3.63) is 36.7 Å². The van der Waals surface area contributed by atoms with Gasteiger partial charge in [-0.1, -0.05) is 6.08 Å². The minimum absolute atomic E-state index is 0.470. The molecule has 0 radical (unpaired) electrons. The Hall–Kier alpha value is -1.31. The second-order valence-electron chi connectivity index (χ2n) is 3.60. The molecule has 0 spiro atoms. The van der Waals surface area contributed by atoms with Crippen LogP contribution >= 0.6 is 0 Å². The number of hydrogen-bond acceptors (Lipinski definition) is 2. The van der Waals surface area contributed by atoms with Crippen LogP contribution < -0.4 is 5.32 Å². The number of allylic oxidation sites excluding steroid dienone is 1. The summed E-state index contributed by atoms with van der Waals surface area (Å²) in [5.41, 5.74) is 2.14. The van der Waals surface area contributed by atoms with E-state index < -0.39 is 0 Å². The van der Waals surface area contributed by atoms with Crippen molar-refractivity contribution in [2.45, 2.75) is 32.7 Å². The Kier molecular flexibility index (Phi) is 4.17. The lowest BCUT2D eigenvalue weighted by Crippen LogP contribution is -2.14. The standard InChI is InChI=1S/C12H18N2/c1-4-5-6-11(3)14-12-8-7-10(2)13-9-12/h4,7-9,11,14H,1,5-6H2,2-3H3/t11-/m0/s1. The second-order valence-corrected chi connectivity index (χ2v) is 3.60. The molecule has 1 N–H and O–H groups in total. The van der Waals surface area contributed by atoms with Crippen molar-refractivity contribution in [2.75, 3.05) is 5.32 Å². The van der Waals surface area contributed by atoms with Crippen molar-refractivity contribution in [1.29, 1.82) is 0 Å². The van der Waals surface area contributed by atoms with Crippen LogP contribution in [-0.2, 0) is 0 Å². The number of nitrogens with zero attached hydrogens (tertiary/aromatic N) is 1. The maximum atomic E-state index is 4.23. The van der Waals surface area contributed by atoms with Crippen molar-refractivity contribution >= 4 is 5.69 Å². The van der Waals surface area contributed by atoms with Crippen molar-refractivity contribution in [3.8, 4) is 0 Å². The summed E-state index contributed by atoms with van der Waals surface area (Å²) in [6.45, 7) is 7.87. The van der Waals surface area contributed by atoms with E-state index in [0.29, 0.717) is 6.04 Å². The average Bonchev–Trinajstić information content (AvgIpc) is 2.18. The zero-order chi connectivity index (χ0) is 10.4. The molecular weight excluding hydrogens is 172 g/mol. The summed E-state index contributed by atoms with van der Waals surface area (Å²) in [6.07, 6.45) is 5.98. The largest absolute Gasteiger partial charge is 0.381 e. The van der Waals surface area contributed by atoms with Gasteiger partial charge in [-0.2, -0.15) is 0 Å². The van der Waals surface area contributed by atoms with Crippen LogP contribution in [0.25, 0.3) is 0 Å². The van der Waals surface area contributed by atoms with E-state index in [-0.39, 0.29) is 0 Å². The molecule has 1 rings (SSSR count). The Morgan fingerprint density at radius 3 is 2.93 bits per heavy atom. The molecule has 0 unspecified atom stereocenters. The highest BCUT2D eigenvalue weighted by molar-refractivity contribution is 5.41. The average molecular weight is 190 g/mol. The van der Waals surface area contributed by atoms with E-state index in [4.69, 9.17) is 0 Å². The third-order valence-electron chi connectivity index (χ3n) is 2.13. The van der Waals surface area contributed by atoms with Crippen LogP contribution in [0.2, 0.25) is 0 Å². The molecule has 14 heavy (non-hydrogen) atoms. The number of aryl methyl sites for hydroxylation is 1. The van der Waals surface area contributed by atoms with E-state index in [1.54, 1.807) is 0 Å². The monoisotopic (exact) mass is 190 g/mol. The summed E-state index contributed by atoms with van der Waals surface area (Å²) in [7, 11) is 0. The molecule has 0 fully saturated rings. The molecule has 76 valence electrons. The van der Waals surface area contributed by atoms with Gasteiger partial charge in [-0.25, -0.2) is 0 Å². The lowest BCUT2D eigenvalue weighted by molar-refractivity contribution is 0.718. The Labute approximate surface area is 86.1 Å². The molecule has 0 aromatic carbocycles. The Morgan fingerprint density at radius 1 is 1.57 bits per heavy atom. The minimum Gasteiger partial charge on any atom is -0.381 e. The van der Waals surface area contributed by atoms with Gasteiger partial charge in [0.05, 0.1) is 11.9 Å². The quantitative estimate of drug-likeness (QED) is 0.721. The smallest absolute Gasteiger partial charge is 0.0528 e. The summed E-state index contributed by atoms with van der Waals surface area (Å²) in [6, 6.07) is 4.55. The predicted octanol–water partition coefficient (Wildman–Crippen LogP) is 3.16. The van der Waals surface area contributed by atoms with Gasteiger partial charge in [-0.05, 0) is 38.8 Å². The maximum absolute atomic E-state index is 4.23. The molecule has 1 heterocycles. The number of nitrogens with one attached hydrogen (secondary N) is 1. The van der Waals surface area contributed by atoms with Gasteiger partial charge in [0.1, 0.15) is 0 Å². The highest BCUT2D eigenvalue weighted by Gasteiger charge is 2.00. The van der Waals surface area contributed by atoms with Crippen LogP contribution in [0.15, 0.2) is 31.0 Å². The molecule has 2 nitrogen and oxygen atoms in total. The summed E-state index contributed by atoms with van der Waals surface area (Å²) in [4.78, 5) is 4.23. The van der Waals surface area contributed by atoms with Crippen LogP contribution in [0.5, 0.6) is 0 Å². The number of hydrogen-bond donors (Lipinski definition) is 1. The first-order valence-corrected chi connectivity index (χ1v) is 5.02. The lowest BCUT2D eigenvalue weighted by atomic mass is 10.2. The molecule has 0 saturated carbocycles. The fourth-order valence-electron chi connectivity index (χ4n) is 1.28. The van der Waals surface area contributed by atoms with Gasteiger partial charge < -0.3 is 5.32 Å². The lowest BCUT2D eigenvalue weighted by Gasteiger charge is -2.13. The molecule has 0 amide bonds. The van der Waals surface area contributed by atoms with E-state index in [0.717, 1.165) is 24.2 Å². The molecule has 0 aliphatic rings. The Balaban J connectivity index is 2.43. The summed E-state index contributed by atoms with van der Waals surface area (Å²) in [5.74, 6) is 0. The predicted molar refractivity (Wildman–Crippen MR) is 61.5 cm³/mol. The molecule has 0 aliphatic heterocycles. The first kappa shape index (κ1) is 10.8. The highest BCUT2D eigenvalue weighted by atomic mass is 14.9. The van der Waals surface area contributed by atoms with Gasteiger partial charge >= 0.3 is 0 Å². The molecule has 1 atom stereocenters. The zero-order valence-electron chi connectivity index (χ0n) is 8.96. The first-order valence-electron chi connectivity index (χ1n) is 5.02. The van der Waals surface area contributed by atoms with Crippen LogP contribution in [-0.4, -0.2) is 11.0 Å². The van der Waals surface area contributed by atoms with Crippen LogP contribution in [0.4, 0.5) is 5.69 Å². The van der Waals surface area contributed by atoms with E-state index >= 15 is 0 Å². The molecule has 2 heteroatoms. The minimum atomic E-state index is 0.470. The van der Waals surface area contributed by atoms with Gasteiger partial charge in [0, 0.05) is 11.7 Å². The van der Waals surface area contributed by atoms with E-state index in [2.05, 4.69) is 29.9 Å². The van der Waals surface area contributed by atoms with E-state index in [1.807, 2.05) is 25.3 Å². The molecule has 0 bridgehead atoms. The SMILES string of the molecule is C=CCC[C@H](C)Nc1ccc(C)nc1. The second kappa shape index (κ2) is 5.43. The van der Waals surface area contributed by atoms with Crippen molar-refractivity contribution < 1.29 is 0 Å². The highest BCUT2D eigenvalue weighted by Crippen LogP contribution is 2.09. The first-order chi connectivity index (χ1) is 6.72. The number of pyridine rings is 1. The molecule has 0 saturated heterocycles. The van der Waals surface area contributed by atoms with Gasteiger partial charge in [0.2, 0.25) is 0 Å². The van der Waals surface area contributed by atoms with E-state index in [9.17, 15) is 0 Å². The van der Waals surface area contributed by atoms with E-state index in [1.165, 1.54) is 0 Å². The number of aromatic nitrogens is 1. The molecular formula is C12H18N2. The van der Waals surface area contributed by atoms with Gasteiger partial charge in [-0.15, -0.1) is 6.58 Å². The number of anilines is 1. The zero-order valence-corrected chi connectivity index (χ0v) is 8.96. The third kappa shape index (κ3) is 3.60. The van der Waals surface area contributed by atoms with Gasteiger partial charge in [-0.3, -0.25) is 4.98 Å².